The molecule has 0 aromatic heterocycles. The Labute approximate surface area is 138 Å². The summed E-state index contributed by atoms with van der Waals surface area (Å²) in [5.41, 5.74) is 0.770. The molecule has 8 heteroatoms. The van der Waals surface area contributed by atoms with Crippen molar-refractivity contribution in [1.82, 2.24) is 0 Å². The van der Waals surface area contributed by atoms with Crippen LogP contribution >= 0.6 is 11.6 Å². The third-order valence-corrected chi connectivity index (χ3v) is 3.02. The summed E-state index contributed by atoms with van der Waals surface area (Å²) in [5, 5.41) is 5.63. The number of methoxy groups -OCH3 is 2. The quantitative estimate of drug-likeness (QED) is 0.609. The van der Waals surface area contributed by atoms with Crippen LogP contribution < -0.4 is 10.6 Å². The highest BCUT2D eigenvalue weighted by Gasteiger charge is 2.13. The maximum atomic E-state index is 11.7. The van der Waals surface area contributed by atoms with E-state index >= 15 is 0 Å². The number of anilines is 2. The number of carbonyl (C=O) groups excluding carboxylic acids is 3. The number of benzene rings is 1. The summed E-state index contributed by atoms with van der Waals surface area (Å²) in [6.07, 6.45) is 1.29. The number of esters is 2. The minimum Gasteiger partial charge on any atom is -0.466 e. The van der Waals surface area contributed by atoms with Crippen molar-refractivity contribution in [3.05, 3.63) is 35.0 Å². The standard InChI is InChI=1S/C15H17ClN2O5/c1-4-13(19)18-11-6-5-9(7-10(11)16)17-12(15(21)23-3)8-14(20)22-2/h5-8,17H,4H2,1-3H3,(H,18,19)/b12-8+. The van der Waals surface area contributed by atoms with Crippen LogP contribution in [0.3, 0.4) is 0 Å². The van der Waals surface area contributed by atoms with E-state index in [2.05, 4.69) is 20.1 Å². The fourth-order valence-corrected chi connectivity index (χ4v) is 1.75. The van der Waals surface area contributed by atoms with Gasteiger partial charge in [0.15, 0.2) is 0 Å². The smallest absolute Gasteiger partial charge is 0.354 e. The molecular formula is C15H17ClN2O5. The van der Waals surface area contributed by atoms with Gasteiger partial charge in [0.1, 0.15) is 5.70 Å². The number of carbonyl (C=O) groups is 3. The molecule has 2 N–H and O–H groups in total. The van der Waals surface area contributed by atoms with E-state index in [1.54, 1.807) is 19.1 Å². The van der Waals surface area contributed by atoms with Crippen LogP contribution in [-0.2, 0) is 23.9 Å². The van der Waals surface area contributed by atoms with Gasteiger partial charge in [0.05, 0.1) is 31.0 Å². The van der Waals surface area contributed by atoms with E-state index < -0.39 is 11.9 Å². The third kappa shape index (κ3) is 5.63. The molecule has 1 aromatic rings. The van der Waals surface area contributed by atoms with Gasteiger partial charge in [0.25, 0.3) is 0 Å². The largest absolute Gasteiger partial charge is 0.466 e. The molecule has 124 valence electrons. The normalized spacial score (nSPS) is 10.7. The number of hydrogen-bond acceptors (Lipinski definition) is 6. The first-order chi connectivity index (χ1) is 10.9. The van der Waals surface area contributed by atoms with E-state index in [0.29, 0.717) is 17.8 Å². The molecule has 0 saturated heterocycles. The van der Waals surface area contributed by atoms with Crippen molar-refractivity contribution >= 4 is 40.8 Å². The van der Waals surface area contributed by atoms with Gasteiger partial charge in [-0.3, -0.25) is 4.79 Å². The van der Waals surface area contributed by atoms with Crippen LogP contribution in [0, 0.1) is 0 Å². The van der Waals surface area contributed by atoms with Crippen molar-refractivity contribution in [3.8, 4) is 0 Å². The van der Waals surface area contributed by atoms with Gasteiger partial charge in [-0.15, -0.1) is 0 Å². The molecule has 0 unspecified atom stereocenters. The van der Waals surface area contributed by atoms with Crippen LogP contribution in [0.25, 0.3) is 0 Å². The first kappa shape index (κ1) is 18.5. The lowest BCUT2D eigenvalue weighted by Gasteiger charge is -2.11. The lowest BCUT2D eigenvalue weighted by molar-refractivity contribution is -0.138. The molecule has 0 aliphatic rings. The minimum atomic E-state index is -0.741. The minimum absolute atomic E-state index is 0.110. The number of ether oxygens (including phenoxy) is 2. The summed E-state index contributed by atoms with van der Waals surface area (Å²) in [6, 6.07) is 4.66. The first-order valence-electron chi connectivity index (χ1n) is 6.65. The van der Waals surface area contributed by atoms with Gasteiger partial charge < -0.3 is 20.1 Å². The number of nitrogens with one attached hydrogen (secondary N) is 2. The van der Waals surface area contributed by atoms with Crippen molar-refractivity contribution in [2.45, 2.75) is 13.3 Å². The van der Waals surface area contributed by atoms with Gasteiger partial charge in [-0.25, -0.2) is 9.59 Å². The average Bonchev–Trinajstić information content (AvgIpc) is 2.55. The number of hydrogen-bond donors (Lipinski definition) is 2. The fraction of sp³-hybridized carbons (Fsp3) is 0.267. The predicted molar refractivity (Wildman–Crippen MR) is 86.1 cm³/mol. The van der Waals surface area contributed by atoms with Crippen LogP contribution in [0.4, 0.5) is 11.4 Å². The first-order valence-corrected chi connectivity index (χ1v) is 7.03. The summed E-state index contributed by atoms with van der Waals surface area (Å²) in [4.78, 5) is 34.3. The summed E-state index contributed by atoms with van der Waals surface area (Å²) >= 11 is 6.08. The van der Waals surface area contributed by atoms with E-state index in [0.717, 1.165) is 6.08 Å². The molecule has 0 atom stereocenters. The molecule has 1 amide bonds. The second kappa shape index (κ2) is 8.79. The molecule has 0 heterocycles. The van der Waals surface area contributed by atoms with Crippen molar-refractivity contribution in [3.63, 3.8) is 0 Å². The Bertz CT molecular complexity index is 643. The Balaban J connectivity index is 2.99. The Morgan fingerprint density at radius 1 is 1.17 bits per heavy atom. The number of rotatable bonds is 6. The highest BCUT2D eigenvalue weighted by atomic mass is 35.5. The van der Waals surface area contributed by atoms with Gasteiger partial charge in [0, 0.05) is 12.1 Å². The SMILES string of the molecule is CCC(=O)Nc1ccc(N/C(=C/C(=O)OC)C(=O)OC)cc1Cl. The Hall–Kier alpha value is -2.54. The van der Waals surface area contributed by atoms with Gasteiger partial charge in [-0.05, 0) is 18.2 Å². The van der Waals surface area contributed by atoms with E-state index in [4.69, 9.17) is 11.6 Å². The monoisotopic (exact) mass is 340 g/mol. The van der Waals surface area contributed by atoms with Crippen LogP contribution in [0.1, 0.15) is 13.3 Å². The maximum Gasteiger partial charge on any atom is 0.354 e. The topological polar surface area (TPSA) is 93.7 Å². The average molecular weight is 341 g/mol. The van der Waals surface area contributed by atoms with E-state index in [9.17, 15) is 14.4 Å². The van der Waals surface area contributed by atoms with Gasteiger partial charge >= 0.3 is 11.9 Å². The molecule has 0 aliphatic heterocycles. The number of halogens is 1. The van der Waals surface area contributed by atoms with E-state index in [-0.39, 0.29) is 16.6 Å². The van der Waals surface area contributed by atoms with Crippen molar-refractivity contribution in [2.24, 2.45) is 0 Å². The summed E-state index contributed by atoms with van der Waals surface area (Å²) in [6.45, 7) is 1.72. The Morgan fingerprint density at radius 3 is 2.39 bits per heavy atom. The highest BCUT2D eigenvalue weighted by Crippen LogP contribution is 2.26. The molecule has 1 rings (SSSR count). The lowest BCUT2D eigenvalue weighted by Crippen LogP contribution is -2.15. The van der Waals surface area contributed by atoms with E-state index in [1.165, 1.54) is 20.3 Å². The molecule has 23 heavy (non-hydrogen) atoms. The second-order valence-electron chi connectivity index (χ2n) is 4.29. The van der Waals surface area contributed by atoms with Gasteiger partial charge in [-0.1, -0.05) is 18.5 Å². The zero-order valence-corrected chi connectivity index (χ0v) is 13.7. The Morgan fingerprint density at radius 2 is 1.87 bits per heavy atom. The maximum absolute atomic E-state index is 11.7. The molecule has 0 saturated carbocycles. The lowest BCUT2D eigenvalue weighted by atomic mass is 10.2. The fourth-order valence-electron chi connectivity index (χ4n) is 1.52. The van der Waals surface area contributed by atoms with Crippen LogP contribution in [0.2, 0.25) is 5.02 Å². The molecule has 0 spiro atoms. The summed E-state index contributed by atoms with van der Waals surface area (Å²) < 4.78 is 9.06. The van der Waals surface area contributed by atoms with Crippen molar-refractivity contribution in [2.75, 3.05) is 24.9 Å². The molecule has 0 radical (unpaired) electrons. The van der Waals surface area contributed by atoms with Crippen molar-refractivity contribution in [1.29, 1.82) is 0 Å². The van der Waals surface area contributed by atoms with Gasteiger partial charge in [-0.2, -0.15) is 0 Å². The molecule has 1 aromatic carbocycles. The molecule has 0 aliphatic carbocycles. The third-order valence-electron chi connectivity index (χ3n) is 2.71. The van der Waals surface area contributed by atoms with Crippen LogP contribution in [0.15, 0.2) is 30.0 Å². The zero-order chi connectivity index (χ0) is 17.4. The zero-order valence-electron chi connectivity index (χ0n) is 12.9. The van der Waals surface area contributed by atoms with E-state index in [1.807, 2.05) is 0 Å². The molecule has 7 nitrogen and oxygen atoms in total. The number of amides is 1. The predicted octanol–water partition coefficient (Wildman–Crippen LogP) is 2.33. The Kier molecular flexibility index (Phi) is 7.08. The summed E-state index contributed by atoms with van der Waals surface area (Å²) in [7, 11) is 2.38. The van der Waals surface area contributed by atoms with Gasteiger partial charge in [0.2, 0.25) is 5.91 Å². The van der Waals surface area contributed by atoms with Crippen molar-refractivity contribution < 1.29 is 23.9 Å². The second-order valence-corrected chi connectivity index (χ2v) is 4.70. The van der Waals surface area contributed by atoms with Crippen LogP contribution in [-0.4, -0.2) is 32.1 Å². The molecular weight excluding hydrogens is 324 g/mol. The highest BCUT2D eigenvalue weighted by molar-refractivity contribution is 6.34. The molecule has 0 bridgehead atoms. The summed E-state index contributed by atoms with van der Waals surface area (Å²) in [5.74, 6) is -1.63. The van der Waals surface area contributed by atoms with Crippen LogP contribution in [0.5, 0.6) is 0 Å². The molecule has 0 fully saturated rings.